The molecule has 0 heterocycles. The summed E-state index contributed by atoms with van der Waals surface area (Å²) in [7, 11) is 0. The van der Waals surface area contributed by atoms with Crippen LogP contribution in [0, 0.1) is 0 Å². The van der Waals surface area contributed by atoms with Crippen LogP contribution in [-0.4, -0.2) is 46.1 Å². The van der Waals surface area contributed by atoms with E-state index >= 15 is 0 Å². The van der Waals surface area contributed by atoms with Crippen molar-refractivity contribution in [3.63, 3.8) is 0 Å². The van der Waals surface area contributed by atoms with Gasteiger partial charge in [0.05, 0.1) is 18.8 Å². The van der Waals surface area contributed by atoms with Crippen LogP contribution in [0.2, 0.25) is 0 Å². The lowest BCUT2D eigenvalue weighted by Gasteiger charge is -2.21. The summed E-state index contributed by atoms with van der Waals surface area (Å²) in [6.45, 7) is 4.20. The first-order chi connectivity index (χ1) is 28.6. The zero-order chi connectivity index (χ0) is 42.3. The summed E-state index contributed by atoms with van der Waals surface area (Å²) < 4.78 is 0. The number of nitrogens with one attached hydrogen (secondary N) is 1. The third-order valence-corrected chi connectivity index (χ3v) is 12.3. The summed E-state index contributed by atoms with van der Waals surface area (Å²) in [6.07, 6.45) is 61.0. The van der Waals surface area contributed by atoms with Gasteiger partial charge in [-0.2, -0.15) is 0 Å². The van der Waals surface area contributed by atoms with Crippen LogP contribution < -0.4 is 5.32 Å². The summed E-state index contributed by atoms with van der Waals surface area (Å²) in [5, 5.41) is 33.2. The minimum atomic E-state index is -1.10. The molecular weight excluding hydrogens is 715 g/mol. The Morgan fingerprint density at radius 1 is 0.414 bits per heavy atom. The Kier molecular flexibility index (Phi) is 47.5. The predicted octanol–water partition coefficient (Wildman–Crippen LogP) is 15.7. The Morgan fingerprint density at radius 2 is 0.707 bits per heavy atom. The van der Waals surface area contributed by atoms with E-state index in [-0.39, 0.29) is 6.61 Å². The third-order valence-electron chi connectivity index (χ3n) is 12.3. The highest BCUT2D eigenvalue weighted by Gasteiger charge is 2.22. The van der Waals surface area contributed by atoms with E-state index in [1.807, 2.05) is 6.08 Å². The van der Waals surface area contributed by atoms with Gasteiger partial charge in [0.25, 0.3) is 0 Å². The Bertz CT molecular complexity index is 859. The van der Waals surface area contributed by atoms with Crippen molar-refractivity contribution in [1.82, 2.24) is 5.32 Å². The zero-order valence-electron chi connectivity index (χ0n) is 39.2. The molecule has 0 aromatic rings. The fraction of sp³-hybridized carbons (Fsp3) is 0.906. The largest absolute Gasteiger partial charge is 0.394 e. The van der Waals surface area contributed by atoms with Gasteiger partial charge in [0.1, 0.15) is 6.10 Å². The second-order valence-electron chi connectivity index (χ2n) is 18.1. The van der Waals surface area contributed by atoms with Gasteiger partial charge in [-0.25, -0.2) is 0 Å². The Hall–Kier alpha value is -1.17. The normalized spacial score (nSPS) is 13.5. The van der Waals surface area contributed by atoms with Crippen LogP contribution in [0.15, 0.2) is 24.3 Å². The Morgan fingerprint density at radius 3 is 1.05 bits per heavy atom. The Labute approximate surface area is 362 Å². The van der Waals surface area contributed by atoms with Crippen molar-refractivity contribution in [1.29, 1.82) is 0 Å². The molecule has 4 N–H and O–H groups in total. The number of aliphatic hydroxyl groups excluding tert-OH is 3. The summed E-state index contributed by atoms with van der Waals surface area (Å²) in [5.41, 5.74) is 0. The maximum Gasteiger partial charge on any atom is 0.249 e. The van der Waals surface area contributed by atoms with Gasteiger partial charge < -0.3 is 20.6 Å². The molecule has 0 aliphatic carbocycles. The lowest BCUT2D eigenvalue weighted by atomic mass is 10.0. The molecule has 0 spiro atoms. The molecule has 5 nitrogen and oxygen atoms in total. The molecule has 0 rings (SSSR count). The van der Waals surface area contributed by atoms with Gasteiger partial charge in [-0.15, -0.1) is 0 Å². The number of carbonyl (C=O) groups is 1. The monoisotopic (exact) mass is 818 g/mol. The SMILES string of the molecule is CCCCCCCCCCCCC/C=C/CC/C=C/C(O)C(CO)NC(=O)C(O)CCCCCCCCCCCCCCCCCCCCCCCCCCCCC. The fourth-order valence-electron chi connectivity index (χ4n) is 8.20. The van der Waals surface area contributed by atoms with Gasteiger partial charge in [0, 0.05) is 0 Å². The number of carbonyl (C=O) groups excluding carboxylic acids is 1. The van der Waals surface area contributed by atoms with Crippen LogP contribution in [0.3, 0.4) is 0 Å². The standard InChI is InChI=1S/C53H103NO4/c1-3-5-7-9-11-13-15-17-19-21-22-23-24-25-26-27-28-29-30-32-34-36-38-40-42-44-46-48-52(57)53(58)54-50(49-55)51(56)47-45-43-41-39-37-35-33-31-20-18-16-14-12-10-8-6-4-2/h37,39,45,47,50-52,55-57H,3-36,38,40-44,46,48-49H2,1-2H3,(H,54,58)/b39-37+,47-45+. The molecule has 0 aromatic heterocycles. The van der Waals surface area contributed by atoms with Crippen molar-refractivity contribution < 1.29 is 20.1 Å². The topological polar surface area (TPSA) is 89.8 Å². The number of hydrogen-bond donors (Lipinski definition) is 4. The van der Waals surface area contributed by atoms with Crippen molar-refractivity contribution in [3.05, 3.63) is 24.3 Å². The zero-order valence-corrected chi connectivity index (χ0v) is 39.2. The molecule has 0 aromatic carbocycles. The number of hydrogen-bond acceptors (Lipinski definition) is 4. The Balaban J connectivity index is 3.57. The van der Waals surface area contributed by atoms with E-state index in [0.717, 1.165) is 38.5 Å². The van der Waals surface area contributed by atoms with Gasteiger partial charge >= 0.3 is 0 Å². The first-order valence-electron chi connectivity index (χ1n) is 26.2. The van der Waals surface area contributed by atoms with Gasteiger partial charge in [-0.3, -0.25) is 4.79 Å². The summed E-state index contributed by atoms with van der Waals surface area (Å²) >= 11 is 0. The molecule has 0 aliphatic rings. The van der Waals surface area contributed by atoms with Crippen LogP contribution in [0.1, 0.15) is 284 Å². The third kappa shape index (κ3) is 42.9. The molecule has 0 fully saturated rings. The maximum atomic E-state index is 12.5. The second kappa shape index (κ2) is 48.5. The molecule has 3 atom stereocenters. The van der Waals surface area contributed by atoms with E-state index in [2.05, 4.69) is 31.3 Å². The molecule has 0 bridgehead atoms. The number of aliphatic hydroxyl groups is 3. The van der Waals surface area contributed by atoms with Crippen molar-refractivity contribution in [3.8, 4) is 0 Å². The summed E-state index contributed by atoms with van der Waals surface area (Å²) in [6, 6.07) is -0.811. The van der Waals surface area contributed by atoms with E-state index in [9.17, 15) is 20.1 Å². The lowest BCUT2D eigenvalue weighted by molar-refractivity contribution is -0.131. The number of unbranched alkanes of at least 4 members (excludes halogenated alkanes) is 38. The van der Waals surface area contributed by atoms with Crippen LogP contribution in [0.4, 0.5) is 0 Å². The lowest BCUT2D eigenvalue weighted by Crippen LogP contribution is -2.48. The smallest absolute Gasteiger partial charge is 0.249 e. The van der Waals surface area contributed by atoms with E-state index in [4.69, 9.17) is 0 Å². The van der Waals surface area contributed by atoms with Crippen molar-refractivity contribution in [2.75, 3.05) is 6.61 Å². The number of allylic oxidation sites excluding steroid dienone is 3. The molecule has 1 amide bonds. The predicted molar refractivity (Wildman–Crippen MR) is 255 cm³/mol. The highest BCUT2D eigenvalue weighted by Crippen LogP contribution is 2.17. The van der Waals surface area contributed by atoms with Gasteiger partial charge in [0.15, 0.2) is 0 Å². The van der Waals surface area contributed by atoms with Crippen molar-refractivity contribution >= 4 is 5.91 Å². The van der Waals surface area contributed by atoms with E-state index in [1.54, 1.807) is 6.08 Å². The van der Waals surface area contributed by atoms with E-state index in [1.165, 1.54) is 225 Å². The van der Waals surface area contributed by atoms with E-state index < -0.39 is 24.2 Å². The molecule has 344 valence electrons. The highest BCUT2D eigenvalue weighted by molar-refractivity contribution is 5.80. The van der Waals surface area contributed by atoms with Gasteiger partial charge in [-0.1, -0.05) is 276 Å². The van der Waals surface area contributed by atoms with Crippen LogP contribution >= 0.6 is 0 Å². The van der Waals surface area contributed by atoms with Crippen LogP contribution in [0.25, 0.3) is 0 Å². The quantitative estimate of drug-likeness (QED) is 0.0364. The van der Waals surface area contributed by atoms with Crippen molar-refractivity contribution in [2.45, 2.75) is 302 Å². The average molecular weight is 818 g/mol. The first kappa shape index (κ1) is 56.8. The first-order valence-corrected chi connectivity index (χ1v) is 26.2. The fourth-order valence-corrected chi connectivity index (χ4v) is 8.20. The molecule has 5 heteroatoms. The van der Waals surface area contributed by atoms with Gasteiger partial charge in [-0.05, 0) is 32.1 Å². The molecule has 0 aliphatic heterocycles. The van der Waals surface area contributed by atoms with Gasteiger partial charge in [0.2, 0.25) is 5.91 Å². The minimum absolute atomic E-state index is 0.373. The summed E-state index contributed by atoms with van der Waals surface area (Å²) in [4.78, 5) is 12.5. The van der Waals surface area contributed by atoms with Crippen molar-refractivity contribution in [2.24, 2.45) is 0 Å². The highest BCUT2D eigenvalue weighted by atomic mass is 16.3. The van der Waals surface area contributed by atoms with Crippen LogP contribution in [-0.2, 0) is 4.79 Å². The van der Waals surface area contributed by atoms with E-state index in [0.29, 0.717) is 6.42 Å². The maximum absolute atomic E-state index is 12.5. The molecule has 0 radical (unpaired) electrons. The molecule has 3 unspecified atom stereocenters. The molecule has 0 saturated heterocycles. The molecule has 58 heavy (non-hydrogen) atoms. The van der Waals surface area contributed by atoms with Crippen LogP contribution in [0.5, 0.6) is 0 Å². The second-order valence-corrected chi connectivity index (χ2v) is 18.1. The molecule has 0 saturated carbocycles. The summed E-state index contributed by atoms with van der Waals surface area (Å²) in [5.74, 6) is -0.508. The number of amides is 1. The number of rotatable bonds is 48. The minimum Gasteiger partial charge on any atom is -0.394 e. The average Bonchev–Trinajstić information content (AvgIpc) is 3.23. The molecular formula is C53H103NO4.